The van der Waals surface area contributed by atoms with Crippen LogP contribution in [0.1, 0.15) is 26.7 Å². The smallest absolute Gasteiger partial charge is 0.0661 e. The Balaban J connectivity index is 2.23. The van der Waals surface area contributed by atoms with E-state index in [0.29, 0.717) is 5.92 Å². The van der Waals surface area contributed by atoms with E-state index in [4.69, 9.17) is 4.74 Å². The van der Waals surface area contributed by atoms with Crippen molar-refractivity contribution in [1.29, 1.82) is 0 Å². The average Bonchev–Trinajstić information content (AvgIpc) is 2.39. The Morgan fingerprint density at radius 2 is 2.27 bits per heavy atom. The molecule has 0 radical (unpaired) electrons. The minimum absolute atomic E-state index is 0.115. The first-order valence-corrected chi connectivity index (χ1v) is 4.43. The molecule has 1 heteroatoms. The average molecular weight is 152 g/mol. The third-order valence-electron chi connectivity index (χ3n) is 3.31. The molecule has 0 aromatic rings. The predicted molar refractivity (Wildman–Crippen MR) is 45.4 cm³/mol. The Morgan fingerprint density at radius 1 is 1.55 bits per heavy atom. The van der Waals surface area contributed by atoms with Gasteiger partial charge in [0.2, 0.25) is 0 Å². The van der Waals surface area contributed by atoms with Gasteiger partial charge in [0, 0.05) is 5.92 Å². The molecule has 1 heterocycles. The summed E-state index contributed by atoms with van der Waals surface area (Å²) in [4.78, 5) is 0. The highest BCUT2D eigenvalue weighted by Gasteiger charge is 2.46. The molecule has 0 amide bonds. The van der Waals surface area contributed by atoms with Crippen molar-refractivity contribution >= 4 is 0 Å². The van der Waals surface area contributed by atoms with Crippen molar-refractivity contribution in [2.24, 2.45) is 11.8 Å². The van der Waals surface area contributed by atoms with Crippen molar-refractivity contribution in [1.82, 2.24) is 0 Å². The van der Waals surface area contributed by atoms with Crippen molar-refractivity contribution in [3.8, 4) is 0 Å². The van der Waals surface area contributed by atoms with Gasteiger partial charge in [0.15, 0.2) is 0 Å². The zero-order chi connectivity index (χ0) is 8.06. The van der Waals surface area contributed by atoms with Gasteiger partial charge in [-0.2, -0.15) is 0 Å². The molecule has 0 unspecified atom stereocenters. The zero-order valence-corrected chi connectivity index (χ0v) is 7.39. The molecule has 0 aromatic carbocycles. The summed E-state index contributed by atoms with van der Waals surface area (Å²) in [5.74, 6) is 1.42. The van der Waals surface area contributed by atoms with Crippen molar-refractivity contribution in [3.63, 3.8) is 0 Å². The molecule has 1 saturated carbocycles. The van der Waals surface area contributed by atoms with Crippen LogP contribution in [-0.2, 0) is 4.74 Å². The van der Waals surface area contributed by atoms with E-state index >= 15 is 0 Å². The van der Waals surface area contributed by atoms with Gasteiger partial charge < -0.3 is 4.74 Å². The molecule has 0 aromatic heterocycles. The molecule has 1 saturated heterocycles. The van der Waals surface area contributed by atoms with E-state index in [1.54, 1.807) is 0 Å². The lowest BCUT2D eigenvalue weighted by atomic mass is 9.85. The maximum absolute atomic E-state index is 5.72. The molecule has 0 bridgehead atoms. The second kappa shape index (κ2) is 2.10. The van der Waals surface area contributed by atoms with E-state index < -0.39 is 0 Å². The molecule has 2 atom stereocenters. The number of hydrogen-bond donors (Lipinski definition) is 0. The second-order valence-electron chi connectivity index (χ2n) is 4.32. The van der Waals surface area contributed by atoms with Crippen LogP contribution in [0.15, 0.2) is 12.2 Å². The zero-order valence-electron chi connectivity index (χ0n) is 7.39. The summed E-state index contributed by atoms with van der Waals surface area (Å²) in [5.41, 5.74) is 1.53. The van der Waals surface area contributed by atoms with Gasteiger partial charge in [-0.05, 0) is 32.6 Å². The molecule has 2 rings (SSSR count). The first-order valence-electron chi connectivity index (χ1n) is 4.43. The van der Waals surface area contributed by atoms with E-state index in [1.807, 2.05) is 0 Å². The summed E-state index contributed by atoms with van der Waals surface area (Å²) in [5, 5.41) is 0. The lowest BCUT2D eigenvalue weighted by Crippen LogP contribution is -2.27. The first kappa shape index (κ1) is 7.35. The summed E-state index contributed by atoms with van der Waals surface area (Å²) < 4.78 is 5.72. The van der Waals surface area contributed by atoms with Crippen molar-refractivity contribution in [3.05, 3.63) is 12.2 Å². The number of rotatable bonds is 0. The molecule has 2 aliphatic rings. The molecule has 0 spiro atoms. The topological polar surface area (TPSA) is 9.23 Å². The maximum atomic E-state index is 5.72. The molecule has 0 N–H and O–H groups in total. The lowest BCUT2D eigenvalue weighted by molar-refractivity contribution is 0.00930. The molecule has 1 aliphatic heterocycles. The normalized spacial score (nSPS) is 41.1. The lowest BCUT2D eigenvalue weighted by Gasteiger charge is -2.24. The number of ether oxygens (including phenoxy) is 1. The summed E-state index contributed by atoms with van der Waals surface area (Å²) >= 11 is 0. The fraction of sp³-hybridized carbons (Fsp3) is 0.800. The van der Waals surface area contributed by atoms with E-state index in [0.717, 1.165) is 12.5 Å². The molecule has 11 heavy (non-hydrogen) atoms. The Kier molecular flexibility index (Phi) is 1.40. The van der Waals surface area contributed by atoms with Crippen LogP contribution in [0.2, 0.25) is 0 Å². The fourth-order valence-corrected chi connectivity index (χ4v) is 2.49. The standard InChI is InChI=1S/C10H16O/c1-7-4-5-9-8(7)6-11-10(9,2)3/h8-9H,1,4-6H2,2-3H3/t8-,9+/m0/s1. The maximum Gasteiger partial charge on any atom is 0.0661 e. The highest BCUT2D eigenvalue weighted by Crippen LogP contribution is 2.48. The van der Waals surface area contributed by atoms with Gasteiger partial charge in [0.05, 0.1) is 12.2 Å². The van der Waals surface area contributed by atoms with Gasteiger partial charge in [-0.3, -0.25) is 0 Å². The minimum atomic E-state index is 0.115. The third-order valence-corrected chi connectivity index (χ3v) is 3.31. The SMILES string of the molecule is C=C1CC[C@@H]2[C@H]1COC2(C)C. The number of hydrogen-bond acceptors (Lipinski definition) is 1. The van der Waals surface area contributed by atoms with Crippen LogP contribution in [0.5, 0.6) is 0 Å². The van der Waals surface area contributed by atoms with Crippen LogP contribution in [-0.4, -0.2) is 12.2 Å². The van der Waals surface area contributed by atoms with Crippen LogP contribution >= 0.6 is 0 Å². The van der Waals surface area contributed by atoms with E-state index in [2.05, 4.69) is 20.4 Å². The minimum Gasteiger partial charge on any atom is -0.375 e. The van der Waals surface area contributed by atoms with Crippen molar-refractivity contribution in [2.45, 2.75) is 32.3 Å². The monoisotopic (exact) mass is 152 g/mol. The predicted octanol–water partition coefficient (Wildman–Crippen LogP) is 2.38. The van der Waals surface area contributed by atoms with Crippen LogP contribution in [0.4, 0.5) is 0 Å². The summed E-state index contributed by atoms with van der Waals surface area (Å²) in [6.07, 6.45) is 2.51. The Labute approximate surface area is 68.4 Å². The highest BCUT2D eigenvalue weighted by molar-refractivity contribution is 5.14. The molecule has 2 fully saturated rings. The van der Waals surface area contributed by atoms with Gasteiger partial charge in [0.1, 0.15) is 0 Å². The Morgan fingerprint density at radius 3 is 2.91 bits per heavy atom. The van der Waals surface area contributed by atoms with E-state index in [9.17, 15) is 0 Å². The second-order valence-corrected chi connectivity index (χ2v) is 4.32. The fourth-order valence-electron chi connectivity index (χ4n) is 2.49. The Hall–Kier alpha value is -0.300. The summed E-state index contributed by atoms with van der Waals surface area (Å²) in [6.45, 7) is 9.40. The first-order chi connectivity index (χ1) is 5.11. The Bertz CT molecular complexity index is 193. The van der Waals surface area contributed by atoms with E-state index in [-0.39, 0.29) is 5.60 Å². The van der Waals surface area contributed by atoms with Crippen molar-refractivity contribution < 1.29 is 4.74 Å². The third kappa shape index (κ3) is 0.943. The van der Waals surface area contributed by atoms with Gasteiger partial charge in [-0.1, -0.05) is 12.2 Å². The van der Waals surface area contributed by atoms with Gasteiger partial charge in [0.25, 0.3) is 0 Å². The summed E-state index contributed by atoms with van der Waals surface area (Å²) in [7, 11) is 0. The van der Waals surface area contributed by atoms with Crippen LogP contribution < -0.4 is 0 Å². The van der Waals surface area contributed by atoms with E-state index in [1.165, 1.54) is 18.4 Å². The molecular weight excluding hydrogens is 136 g/mol. The molecular formula is C10H16O. The van der Waals surface area contributed by atoms with Gasteiger partial charge in [-0.25, -0.2) is 0 Å². The van der Waals surface area contributed by atoms with Gasteiger partial charge >= 0.3 is 0 Å². The number of fused-ring (bicyclic) bond motifs is 1. The van der Waals surface area contributed by atoms with Crippen LogP contribution in [0, 0.1) is 11.8 Å². The van der Waals surface area contributed by atoms with Crippen molar-refractivity contribution in [2.75, 3.05) is 6.61 Å². The van der Waals surface area contributed by atoms with Gasteiger partial charge in [-0.15, -0.1) is 0 Å². The largest absolute Gasteiger partial charge is 0.375 e. The highest BCUT2D eigenvalue weighted by atomic mass is 16.5. The molecule has 62 valence electrons. The van der Waals surface area contributed by atoms with Crippen LogP contribution in [0.25, 0.3) is 0 Å². The molecule has 1 nitrogen and oxygen atoms in total. The van der Waals surface area contributed by atoms with Crippen LogP contribution in [0.3, 0.4) is 0 Å². The molecule has 1 aliphatic carbocycles. The quantitative estimate of drug-likeness (QED) is 0.484. The summed E-state index contributed by atoms with van der Waals surface area (Å²) in [6, 6.07) is 0.